The number of carbonyl (C=O) groups is 2. The number of nitrogens with zero attached hydrogens (tertiary/aromatic N) is 2. The van der Waals surface area contributed by atoms with E-state index in [0.29, 0.717) is 24.0 Å². The van der Waals surface area contributed by atoms with E-state index >= 15 is 0 Å². The molecule has 1 rings (SSSR count). The quantitative estimate of drug-likeness (QED) is 0.681. The first-order valence-corrected chi connectivity index (χ1v) is 4.57. The van der Waals surface area contributed by atoms with E-state index < -0.39 is 0 Å². The molecule has 0 N–H and O–H groups in total. The van der Waals surface area contributed by atoms with Crippen LogP contribution in [0.4, 0.5) is 0 Å². The zero-order valence-electron chi connectivity index (χ0n) is 8.28. The fourth-order valence-corrected chi connectivity index (χ4v) is 1.15. The second-order valence-electron chi connectivity index (χ2n) is 2.87. The molecule has 74 valence electrons. The van der Waals surface area contributed by atoms with Gasteiger partial charge in [0.2, 0.25) is 0 Å². The van der Waals surface area contributed by atoms with Crippen LogP contribution in [0.15, 0.2) is 12.4 Å². The number of rotatable bonds is 4. The van der Waals surface area contributed by atoms with E-state index in [1.807, 2.05) is 0 Å². The monoisotopic (exact) mass is 192 g/mol. The molecule has 0 bridgehead atoms. The fraction of sp³-hybridized carbons (Fsp3) is 0.400. The highest BCUT2D eigenvalue weighted by atomic mass is 16.1. The molecule has 1 aromatic heterocycles. The molecule has 0 unspecified atom stereocenters. The summed E-state index contributed by atoms with van der Waals surface area (Å²) in [6.07, 6.45) is 3.45. The van der Waals surface area contributed by atoms with Crippen molar-refractivity contribution < 1.29 is 9.59 Å². The Hall–Kier alpha value is -1.58. The molecule has 4 heteroatoms. The molecule has 0 aliphatic carbocycles. The van der Waals surface area contributed by atoms with Gasteiger partial charge in [0.15, 0.2) is 11.6 Å². The van der Waals surface area contributed by atoms with E-state index in [1.54, 1.807) is 13.8 Å². The maximum Gasteiger partial charge on any atom is 0.165 e. The number of hydrogen-bond acceptors (Lipinski definition) is 4. The molecule has 14 heavy (non-hydrogen) atoms. The molecule has 0 atom stereocenters. The van der Waals surface area contributed by atoms with Crippen LogP contribution in [0.25, 0.3) is 0 Å². The smallest absolute Gasteiger partial charge is 0.165 e. The van der Waals surface area contributed by atoms with Crippen LogP contribution in [-0.2, 0) is 0 Å². The Labute approximate surface area is 82.4 Å². The second kappa shape index (κ2) is 4.60. The van der Waals surface area contributed by atoms with E-state index in [9.17, 15) is 9.59 Å². The van der Waals surface area contributed by atoms with Gasteiger partial charge in [0.1, 0.15) is 0 Å². The number of ketones is 2. The molecule has 0 aromatic carbocycles. The molecule has 0 spiro atoms. The van der Waals surface area contributed by atoms with Gasteiger partial charge in [-0.15, -0.1) is 0 Å². The number of Topliss-reactive ketones (excluding diaryl/α,β-unsaturated/α-hetero) is 2. The van der Waals surface area contributed by atoms with Crippen LogP contribution in [0.1, 0.15) is 47.4 Å². The van der Waals surface area contributed by atoms with Crippen molar-refractivity contribution in [3.05, 3.63) is 23.5 Å². The first-order valence-electron chi connectivity index (χ1n) is 4.57. The topological polar surface area (TPSA) is 59.9 Å². The Bertz CT molecular complexity index is 326. The van der Waals surface area contributed by atoms with Crippen LogP contribution in [-0.4, -0.2) is 21.8 Å². The van der Waals surface area contributed by atoms with Crippen LogP contribution in [0, 0.1) is 0 Å². The lowest BCUT2D eigenvalue weighted by molar-refractivity contribution is 0.0954. The molecule has 0 saturated heterocycles. The molecule has 0 radical (unpaired) electrons. The van der Waals surface area contributed by atoms with Crippen LogP contribution in [0.5, 0.6) is 0 Å². The summed E-state index contributed by atoms with van der Waals surface area (Å²) in [6.45, 7) is 3.51. The predicted molar refractivity (Wildman–Crippen MR) is 51.3 cm³/mol. The average Bonchev–Trinajstić information content (AvgIpc) is 2.27. The Morgan fingerprint density at radius 1 is 1.00 bits per heavy atom. The summed E-state index contributed by atoms with van der Waals surface area (Å²) >= 11 is 0. The summed E-state index contributed by atoms with van der Waals surface area (Å²) in [4.78, 5) is 22.9. The maximum atomic E-state index is 11.4. The zero-order valence-corrected chi connectivity index (χ0v) is 8.28. The summed E-state index contributed by atoms with van der Waals surface area (Å²) < 4.78 is 0. The minimum atomic E-state index is -0.0725. The van der Waals surface area contributed by atoms with E-state index in [1.165, 1.54) is 12.4 Å². The van der Waals surface area contributed by atoms with Crippen LogP contribution in [0.3, 0.4) is 0 Å². The number of carbonyl (C=O) groups excluding carboxylic acids is 2. The minimum absolute atomic E-state index is 0.0725. The van der Waals surface area contributed by atoms with Crippen molar-refractivity contribution in [2.75, 3.05) is 0 Å². The highest BCUT2D eigenvalue weighted by Gasteiger charge is 2.14. The van der Waals surface area contributed by atoms with Gasteiger partial charge < -0.3 is 0 Å². The first kappa shape index (κ1) is 10.5. The van der Waals surface area contributed by atoms with Crippen molar-refractivity contribution >= 4 is 11.6 Å². The van der Waals surface area contributed by atoms with E-state index in [0.717, 1.165) is 0 Å². The van der Waals surface area contributed by atoms with Crippen molar-refractivity contribution in [3.8, 4) is 0 Å². The third-order valence-corrected chi connectivity index (χ3v) is 1.97. The standard InChI is InChI=1S/C10H12N2O2/c1-3-9(13)7-5-11-12-6-8(7)10(14)4-2/h5-6H,3-4H2,1-2H3. The predicted octanol–water partition coefficient (Wildman–Crippen LogP) is 1.66. The lowest BCUT2D eigenvalue weighted by atomic mass is 10.0. The fourth-order valence-electron chi connectivity index (χ4n) is 1.15. The molecule has 0 saturated carbocycles. The van der Waals surface area contributed by atoms with Gasteiger partial charge in [-0.05, 0) is 0 Å². The van der Waals surface area contributed by atoms with Crippen LogP contribution < -0.4 is 0 Å². The summed E-state index contributed by atoms with van der Waals surface area (Å²) in [6, 6.07) is 0. The highest BCUT2D eigenvalue weighted by Crippen LogP contribution is 2.10. The molecule has 0 amide bonds. The van der Waals surface area contributed by atoms with Gasteiger partial charge >= 0.3 is 0 Å². The van der Waals surface area contributed by atoms with Crippen molar-refractivity contribution in [2.45, 2.75) is 26.7 Å². The Morgan fingerprint density at radius 3 is 1.64 bits per heavy atom. The lowest BCUT2D eigenvalue weighted by Crippen LogP contribution is -2.09. The summed E-state index contributed by atoms with van der Waals surface area (Å²) in [5.41, 5.74) is 0.767. The molecule has 1 aromatic rings. The molecule has 4 nitrogen and oxygen atoms in total. The molecular weight excluding hydrogens is 180 g/mol. The summed E-state index contributed by atoms with van der Waals surface area (Å²) in [7, 11) is 0. The third kappa shape index (κ3) is 2.02. The Balaban J connectivity index is 3.15. The summed E-state index contributed by atoms with van der Waals surface area (Å²) in [5, 5.41) is 7.22. The highest BCUT2D eigenvalue weighted by molar-refractivity contribution is 6.08. The van der Waals surface area contributed by atoms with Gasteiger partial charge in [-0.2, -0.15) is 10.2 Å². The first-order chi connectivity index (χ1) is 6.70. The van der Waals surface area contributed by atoms with Gasteiger partial charge in [0.05, 0.1) is 23.5 Å². The van der Waals surface area contributed by atoms with Crippen molar-refractivity contribution in [1.82, 2.24) is 10.2 Å². The Morgan fingerprint density at radius 2 is 1.36 bits per heavy atom. The van der Waals surface area contributed by atoms with Crippen LogP contribution in [0.2, 0.25) is 0 Å². The average molecular weight is 192 g/mol. The zero-order chi connectivity index (χ0) is 10.6. The lowest BCUT2D eigenvalue weighted by Gasteiger charge is -2.03. The molecule has 0 aliphatic rings. The van der Waals surface area contributed by atoms with Gasteiger partial charge in [0, 0.05) is 12.8 Å². The van der Waals surface area contributed by atoms with Crippen molar-refractivity contribution in [1.29, 1.82) is 0 Å². The second-order valence-corrected chi connectivity index (χ2v) is 2.87. The van der Waals surface area contributed by atoms with Gasteiger partial charge in [0.25, 0.3) is 0 Å². The minimum Gasteiger partial charge on any atom is -0.294 e. The molecule has 1 heterocycles. The Kier molecular flexibility index (Phi) is 3.45. The maximum absolute atomic E-state index is 11.4. The van der Waals surface area contributed by atoms with Crippen LogP contribution >= 0.6 is 0 Å². The van der Waals surface area contributed by atoms with Crippen molar-refractivity contribution in [3.63, 3.8) is 0 Å². The van der Waals surface area contributed by atoms with E-state index in [4.69, 9.17) is 0 Å². The number of aromatic nitrogens is 2. The molecule has 0 fully saturated rings. The summed E-state index contributed by atoms with van der Waals surface area (Å²) in [5.74, 6) is -0.145. The van der Waals surface area contributed by atoms with E-state index in [-0.39, 0.29) is 11.6 Å². The molecular formula is C10H12N2O2. The van der Waals surface area contributed by atoms with E-state index in [2.05, 4.69) is 10.2 Å². The van der Waals surface area contributed by atoms with Crippen molar-refractivity contribution in [2.24, 2.45) is 0 Å². The molecule has 0 aliphatic heterocycles. The largest absolute Gasteiger partial charge is 0.294 e. The van der Waals surface area contributed by atoms with Gasteiger partial charge in [-0.1, -0.05) is 13.8 Å². The number of hydrogen-bond donors (Lipinski definition) is 0. The van der Waals surface area contributed by atoms with Gasteiger partial charge in [-0.3, -0.25) is 9.59 Å². The SMILES string of the molecule is CCC(=O)c1cnncc1C(=O)CC. The van der Waals surface area contributed by atoms with Gasteiger partial charge in [-0.25, -0.2) is 0 Å². The third-order valence-electron chi connectivity index (χ3n) is 1.97. The normalized spacial score (nSPS) is 9.86.